The van der Waals surface area contributed by atoms with Crippen LogP contribution in [0.3, 0.4) is 0 Å². The molecule has 176 valence electrons. The third-order valence-corrected chi connectivity index (χ3v) is 5.61. The quantitative estimate of drug-likeness (QED) is 0.615. The van der Waals surface area contributed by atoms with Gasteiger partial charge in [-0.1, -0.05) is 12.1 Å². The van der Waals surface area contributed by atoms with Gasteiger partial charge in [0.1, 0.15) is 43.3 Å². The van der Waals surface area contributed by atoms with E-state index in [2.05, 4.69) is 0 Å². The molecule has 4 rings (SSSR count). The number of quaternary nitrogens is 1. The first kappa shape index (κ1) is 23.1. The van der Waals surface area contributed by atoms with E-state index in [9.17, 15) is 23.1 Å². The molecule has 0 radical (unpaired) electrons. The van der Waals surface area contributed by atoms with Crippen LogP contribution < -0.4 is 15.1 Å². The van der Waals surface area contributed by atoms with Gasteiger partial charge in [-0.2, -0.15) is 13.2 Å². The van der Waals surface area contributed by atoms with Crippen molar-refractivity contribution < 1.29 is 37.1 Å². The van der Waals surface area contributed by atoms with Gasteiger partial charge in [0.2, 0.25) is 11.2 Å². The summed E-state index contributed by atoms with van der Waals surface area (Å²) in [7, 11) is 0. The SMILES string of the molecule is Cc1cccc(Oc2c(C(F)(F)F)oc3c(C[NH+]4C[C@H](C)O[C@@H](C)C4)c(O)ccc3c2=O)c1. The Kier molecular flexibility index (Phi) is 6.11. The van der Waals surface area contributed by atoms with Crippen molar-refractivity contribution in [2.24, 2.45) is 0 Å². The molecule has 9 heteroatoms. The summed E-state index contributed by atoms with van der Waals surface area (Å²) < 4.78 is 58.2. The standard InChI is InChI=1S/C24H24F3NO5/c1-13-5-4-6-16(9-13)32-22-20(30)17-7-8-19(29)18(21(17)33-23(22)24(25,26)27)12-28-10-14(2)31-15(3)11-28/h4-9,14-15,29H,10-12H2,1-3H3/p+1/t14-,15-/m0/s1. The van der Waals surface area contributed by atoms with Crippen LogP contribution in [-0.4, -0.2) is 30.4 Å². The number of benzene rings is 2. The van der Waals surface area contributed by atoms with Crippen LogP contribution in [0.15, 0.2) is 45.6 Å². The molecule has 2 atom stereocenters. The maximum absolute atomic E-state index is 13.9. The predicted molar refractivity (Wildman–Crippen MR) is 115 cm³/mol. The average Bonchev–Trinajstić information content (AvgIpc) is 2.70. The molecule has 1 aliphatic heterocycles. The number of rotatable bonds is 4. The smallest absolute Gasteiger partial charge is 0.453 e. The molecule has 0 unspecified atom stereocenters. The number of morpholine rings is 1. The Balaban J connectivity index is 1.85. The molecule has 1 saturated heterocycles. The van der Waals surface area contributed by atoms with E-state index >= 15 is 0 Å². The molecule has 1 aromatic heterocycles. The number of hydrogen-bond donors (Lipinski definition) is 2. The van der Waals surface area contributed by atoms with Crippen LogP contribution in [0.2, 0.25) is 0 Å². The maximum atomic E-state index is 13.9. The fourth-order valence-corrected chi connectivity index (χ4v) is 4.32. The van der Waals surface area contributed by atoms with E-state index < -0.39 is 23.1 Å². The van der Waals surface area contributed by atoms with Crippen LogP contribution in [0.5, 0.6) is 17.2 Å². The second-order valence-corrected chi connectivity index (χ2v) is 8.54. The van der Waals surface area contributed by atoms with Crippen molar-refractivity contribution in [1.29, 1.82) is 0 Å². The van der Waals surface area contributed by atoms with E-state index in [1.165, 1.54) is 24.3 Å². The zero-order chi connectivity index (χ0) is 23.9. The van der Waals surface area contributed by atoms with E-state index in [1.54, 1.807) is 19.1 Å². The number of phenols is 1. The van der Waals surface area contributed by atoms with Gasteiger partial charge >= 0.3 is 6.18 Å². The molecule has 1 aliphatic rings. The minimum Gasteiger partial charge on any atom is -0.507 e. The summed E-state index contributed by atoms with van der Waals surface area (Å²) in [4.78, 5) is 14.2. The average molecular weight is 464 g/mol. The maximum Gasteiger partial charge on any atom is 0.453 e. The molecule has 0 bridgehead atoms. The summed E-state index contributed by atoms with van der Waals surface area (Å²) in [5.41, 5.74) is -0.336. The summed E-state index contributed by atoms with van der Waals surface area (Å²) in [6, 6.07) is 8.91. The zero-order valence-electron chi connectivity index (χ0n) is 18.5. The molecular formula is C24H25F3NO5+. The largest absolute Gasteiger partial charge is 0.507 e. The highest BCUT2D eigenvalue weighted by Gasteiger charge is 2.41. The van der Waals surface area contributed by atoms with Gasteiger partial charge in [0.05, 0.1) is 10.9 Å². The van der Waals surface area contributed by atoms with Gasteiger partial charge < -0.3 is 23.9 Å². The van der Waals surface area contributed by atoms with Crippen molar-refractivity contribution in [2.75, 3.05) is 13.1 Å². The Morgan fingerprint density at radius 3 is 2.48 bits per heavy atom. The minimum absolute atomic E-state index is 0.0482. The van der Waals surface area contributed by atoms with Gasteiger partial charge in [-0.3, -0.25) is 4.79 Å². The highest BCUT2D eigenvalue weighted by molar-refractivity contribution is 5.83. The third-order valence-electron chi connectivity index (χ3n) is 5.61. The number of fused-ring (bicyclic) bond motifs is 1. The number of phenolic OH excluding ortho intramolecular Hbond substituents is 1. The van der Waals surface area contributed by atoms with Crippen LogP contribution in [0, 0.1) is 6.92 Å². The van der Waals surface area contributed by atoms with Crippen molar-refractivity contribution >= 4 is 11.0 Å². The van der Waals surface area contributed by atoms with E-state index in [0.29, 0.717) is 13.1 Å². The molecule has 0 amide bonds. The second kappa shape index (κ2) is 8.72. The fourth-order valence-electron chi connectivity index (χ4n) is 4.32. The highest BCUT2D eigenvalue weighted by atomic mass is 19.4. The fraction of sp³-hybridized carbons (Fsp3) is 0.375. The molecule has 2 heterocycles. The molecule has 2 aromatic carbocycles. The first-order chi connectivity index (χ1) is 15.5. The molecular weight excluding hydrogens is 439 g/mol. The van der Waals surface area contributed by atoms with Gasteiger partial charge in [0.15, 0.2) is 5.58 Å². The highest BCUT2D eigenvalue weighted by Crippen LogP contribution is 2.39. The zero-order valence-corrected chi connectivity index (χ0v) is 18.5. The number of hydrogen-bond acceptors (Lipinski definition) is 5. The Hall–Kier alpha value is -3.04. The summed E-state index contributed by atoms with van der Waals surface area (Å²) in [6.07, 6.45) is -5.08. The van der Waals surface area contributed by atoms with Gasteiger partial charge in [0.25, 0.3) is 5.76 Å². The summed E-state index contributed by atoms with van der Waals surface area (Å²) in [5.74, 6) is -2.61. The van der Waals surface area contributed by atoms with Crippen molar-refractivity contribution in [3.05, 3.63) is 63.5 Å². The van der Waals surface area contributed by atoms with Gasteiger partial charge in [0, 0.05) is 0 Å². The van der Waals surface area contributed by atoms with Crippen molar-refractivity contribution in [3.63, 3.8) is 0 Å². The Bertz CT molecular complexity index is 1230. The number of ether oxygens (including phenoxy) is 2. The van der Waals surface area contributed by atoms with Crippen molar-refractivity contribution in [3.8, 4) is 17.2 Å². The first-order valence-corrected chi connectivity index (χ1v) is 10.7. The lowest BCUT2D eigenvalue weighted by Crippen LogP contribution is -3.14. The second-order valence-electron chi connectivity index (χ2n) is 8.54. The normalized spacial score (nSPS) is 21.3. The lowest BCUT2D eigenvalue weighted by molar-refractivity contribution is -0.928. The lowest BCUT2D eigenvalue weighted by atomic mass is 10.1. The number of nitrogens with one attached hydrogen (secondary N) is 1. The van der Waals surface area contributed by atoms with Crippen LogP contribution in [-0.2, 0) is 17.5 Å². The summed E-state index contributed by atoms with van der Waals surface area (Å²) in [6.45, 7) is 6.96. The summed E-state index contributed by atoms with van der Waals surface area (Å²) >= 11 is 0. The van der Waals surface area contributed by atoms with E-state index in [0.717, 1.165) is 10.5 Å². The molecule has 0 saturated carbocycles. The van der Waals surface area contributed by atoms with E-state index in [1.807, 2.05) is 13.8 Å². The molecule has 2 N–H and O–H groups in total. The molecule has 33 heavy (non-hydrogen) atoms. The molecule has 6 nitrogen and oxygen atoms in total. The van der Waals surface area contributed by atoms with E-state index in [-0.39, 0.29) is 46.8 Å². The monoisotopic (exact) mass is 464 g/mol. The Morgan fingerprint density at radius 1 is 1.15 bits per heavy atom. The lowest BCUT2D eigenvalue weighted by Gasteiger charge is -2.32. The Morgan fingerprint density at radius 2 is 1.85 bits per heavy atom. The number of aromatic hydroxyl groups is 1. The minimum atomic E-state index is -4.98. The number of halogens is 3. The number of aryl methyl sites for hydroxylation is 1. The molecule has 0 spiro atoms. The number of alkyl halides is 3. The predicted octanol–water partition coefficient (Wildman–Crippen LogP) is 3.81. The third kappa shape index (κ3) is 4.84. The van der Waals surface area contributed by atoms with Crippen LogP contribution in [0.4, 0.5) is 13.2 Å². The topological polar surface area (TPSA) is 73.3 Å². The molecule has 0 aliphatic carbocycles. The first-order valence-electron chi connectivity index (χ1n) is 10.7. The van der Waals surface area contributed by atoms with E-state index in [4.69, 9.17) is 13.9 Å². The molecule has 3 aromatic rings. The van der Waals surface area contributed by atoms with Gasteiger partial charge in [-0.15, -0.1) is 0 Å². The molecule has 1 fully saturated rings. The van der Waals surface area contributed by atoms with Crippen LogP contribution >= 0.6 is 0 Å². The van der Waals surface area contributed by atoms with Gasteiger partial charge in [-0.05, 0) is 50.6 Å². The summed E-state index contributed by atoms with van der Waals surface area (Å²) in [5, 5.41) is 10.4. The van der Waals surface area contributed by atoms with Gasteiger partial charge in [-0.25, -0.2) is 0 Å². The van der Waals surface area contributed by atoms with Crippen LogP contribution in [0.25, 0.3) is 11.0 Å². The van der Waals surface area contributed by atoms with Crippen molar-refractivity contribution in [2.45, 2.75) is 45.7 Å². The Labute approximate surface area is 188 Å². The van der Waals surface area contributed by atoms with Crippen LogP contribution in [0.1, 0.15) is 30.7 Å². The van der Waals surface area contributed by atoms with Crippen molar-refractivity contribution in [1.82, 2.24) is 0 Å².